The summed E-state index contributed by atoms with van der Waals surface area (Å²) in [7, 11) is -3.59. The number of hydrogen-bond acceptors (Lipinski definition) is 4. The predicted octanol–water partition coefficient (Wildman–Crippen LogP) is 3.74. The molecule has 0 fully saturated rings. The Bertz CT molecular complexity index is 922. The van der Waals surface area contributed by atoms with Crippen LogP contribution in [0.4, 0.5) is 5.69 Å². The van der Waals surface area contributed by atoms with Gasteiger partial charge in [0.05, 0.1) is 17.9 Å². The second-order valence-electron chi connectivity index (χ2n) is 6.53. The van der Waals surface area contributed by atoms with Crippen LogP contribution < -0.4 is 10.1 Å². The van der Waals surface area contributed by atoms with Gasteiger partial charge in [-0.15, -0.1) is 0 Å². The van der Waals surface area contributed by atoms with E-state index in [9.17, 15) is 13.2 Å². The first-order valence-corrected chi connectivity index (χ1v) is 10.8. The Hall–Kier alpha value is -2.38. The Morgan fingerprint density at radius 1 is 1.07 bits per heavy atom. The maximum absolute atomic E-state index is 12.8. The molecule has 1 N–H and O–H groups in total. The number of ether oxygens (including phenoxy) is 1. The summed E-state index contributed by atoms with van der Waals surface area (Å²) in [6.07, 6.45) is 0.167. The quantitative estimate of drug-likeness (QED) is 0.691. The summed E-state index contributed by atoms with van der Waals surface area (Å²) < 4.78 is 32.6. The molecule has 0 radical (unpaired) electrons. The fraction of sp³-hybridized carbons (Fsp3) is 0.381. The normalized spacial score (nSPS) is 11.5. The Morgan fingerprint density at radius 2 is 1.79 bits per heavy atom. The number of nitrogens with zero attached hydrogens (tertiary/aromatic N) is 1. The summed E-state index contributed by atoms with van der Waals surface area (Å²) in [4.78, 5) is 12.4. The number of benzene rings is 2. The van der Waals surface area contributed by atoms with Crippen molar-refractivity contribution in [3.63, 3.8) is 0 Å². The molecule has 2 rings (SSSR count). The molecule has 0 aromatic heterocycles. The zero-order valence-corrected chi connectivity index (χ0v) is 17.7. The zero-order chi connectivity index (χ0) is 20.7. The van der Waals surface area contributed by atoms with Crippen molar-refractivity contribution in [2.75, 3.05) is 25.0 Å². The van der Waals surface area contributed by atoms with Gasteiger partial charge < -0.3 is 10.1 Å². The fourth-order valence-electron chi connectivity index (χ4n) is 2.85. The van der Waals surface area contributed by atoms with Gasteiger partial charge in [0.1, 0.15) is 5.75 Å². The number of carbonyl (C=O) groups is 1. The van der Waals surface area contributed by atoms with Crippen molar-refractivity contribution < 1.29 is 17.9 Å². The average Bonchev–Trinajstić information content (AvgIpc) is 2.64. The van der Waals surface area contributed by atoms with E-state index in [4.69, 9.17) is 4.74 Å². The molecule has 152 valence electrons. The first kappa shape index (κ1) is 21.9. The summed E-state index contributed by atoms with van der Waals surface area (Å²) in [6.45, 7) is 8.35. The minimum atomic E-state index is -3.59. The van der Waals surface area contributed by atoms with Gasteiger partial charge in [0.25, 0.3) is 0 Å². The summed E-state index contributed by atoms with van der Waals surface area (Å²) in [5.74, 6) is 0.485. The van der Waals surface area contributed by atoms with Crippen molar-refractivity contribution in [3.05, 3.63) is 53.6 Å². The molecule has 0 atom stereocenters. The van der Waals surface area contributed by atoms with Crippen molar-refractivity contribution >= 4 is 21.6 Å². The molecule has 0 heterocycles. The average molecular weight is 405 g/mol. The lowest BCUT2D eigenvalue weighted by atomic mass is 10.2. The van der Waals surface area contributed by atoms with Crippen molar-refractivity contribution in [1.29, 1.82) is 0 Å². The monoisotopic (exact) mass is 404 g/mol. The standard InChI is InChI=1S/C21H28N2O4S/c1-5-23(6-2)28(25,26)20-15-18(11-10-17(20)4)22-21(24)12-13-27-19-9-7-8-16(3)14-19/h7-11,14-15H,5-6,12-13H2,1-4H3,(H,22,24). The third-order valence-electron chi connectivity index (χ3n) is 4.38. The third-order valence-corrected chi connectivity index (χ3v) is 6.57. The van der Waals surface area contributed by atoms with Crippen molar-refractivity contribution in [2.24, 2.45) is 0 Å². The molecule has 0 aliphatic rings. The van der Waals surface area contributed by atoms with Gasteiger partial charge in [-0.25, -0.2) is 8.42 Å². The van der Waals surface area contributed by atoms with Crippen molar-refractivity contribution in [2.45, 2.75) is 39.0 Å². The summed E-state index contributed by atoms with van der Waals surface area (Å²) >= 11 is 0. The van der Waals surface area contributed by atoms with E-state index in [2.05, 4.69) is 5.32 Å². The van der Waals surface area contributed by atoms with E-state index in [1.807, 2.05) is 31.2 Å². The van der Waals surface area contributed by atoms with Gasteiger partial charge >= 0.3 is 0 Å². The number of amides is 1. The number of hydrogen-bond donors (Lipinski definition) is 1. The maximum atomic E-state index is 12.8. The smallest absolute Gasteiger partial charge is 0.243 e. The lowest BCUT2D eigenvalue weighted by Gasteiger charge is -2.20. The highest BCUT2D eigenvalue weighted by atomic mass is 32.2. The second kappa shape index (κ2) is 9.71. The summed E-state index contributed by atoms with van der Waals surface area (Å²) in [6, 6.07) is 12.5. The van der Waals surface area contributed by atoms with Crippen LogP contribution in [0.2, 0.25) is 0 Å². The highest BCUT2D eigenvalue weighted by Gasteiger charge is 2.24. The predicted molar refractivity (Wildman–Crippen MR) is 111 cm³/mol. The van der Waals surface area contributed by atoms with Crippen LogP contribution in [0.1, 0.15) is 31.4 Å². The first-order valence-electron chi connectivity index (χ1n) is 9.38. The number of aryl methyl sites for hydroxylation is 2. The van der Waals surface area contributed by atoms with Crippen LogP contribution in [0.15, 0.2) is 47.4 Å². The summed E-state index contributed by atoms with van der Waals surface area (Å²) in [5.41, 5.74) is 2.19. The molecule has 28 heavy (non-hydrogen) atoms. The van der Waals surface area contributed by atoms with E-state index in [0.29, 0.717) is 24.3 Å². The van der Waals surface area contributed by atoms with Gasteiger partial charge in [0, 0.05) is 18.8 Å². The number of anilines is 1. The number of carbonyl (C=O) groups excluding carboxylic acids is 1. The van der Waals surface area contributed by atoms with Crippen LogP contribution in [-0.2, 0) is 14.8 Å². The topological polar surface area (TPSA) is 75.7 Å². The largest absolute Gasteiger partial charge is 0.493 e. The summed E-state index contributed by atoms with van der Waals surface area (Å²) in [5, 5.41) is 2.75. The minimum absolute atomic E-state index is 0.167. The van der Waals surface area contributed by atoms with Gasteiger partial charge in [-0.2, -0.15) is 4.31 Å². The van der Waals surface area contributed by atoms with Crippen LogP contribution >= 0.6 is 0 Å². The highest BCUT2D eigenvalue weighted by Crippen LogP contribution is 2.23. The molecule has 1 amide bonds. The number of rotatable bonds is 9. The molecule has 6 nitrogen and oxygen atoms in total. The van der Waals surface area contributed by atoms with Gasteiger partial charge in [-0.05, 0) is 49.2 Å². The molecule has 2 aromatic rings. The van der Waals surface area contributed by atoms with Crippen LogP contribution in [0.25, 0.3) is 0 Å². The van der Waals surface area contributed by atoms with Crippen LogP contribution in [0.5, 0.6) is 5.75 Å². The number of nitrogens with one attached hydrogen (secondary N) is 1. The maximum Gasteiger partial charge on any atom is 0.243 e. The molecular formula is C21H28N2O4S. The molecule has 0 aliphatic heterocycles. The molecule has 0 unspecified atom stereocenters. The van der Waals surface area contributed by atoms with Crippen LogP contribution in [-0.4, -0.2) is 38.3 Å². The van der Waals surface area contributed by atoms with E-state index in [0.717, 1.165) is 11.3 Å². The Labute approximate surface area is 167 Å². The molecule has 0 aliphatic carbocycles. The van der Waals surface area contributed by atoms with Crippen molar-refractivity contribution in [1.82, 2.24) is 4.31 Å². The molecule has 0 spiro atoms. The Kier molecular flexibility index (Phi) is 7.60. The third kappa shape index (κ3) is 5.56. The van der Waals surface area contributed by atoms with Crippen LogP contribution in [0.3, 0.4) is 0 Å². The van der Waals surface area contributed by atoms with E-state index >= 15 is 0 Å². The molecular weight excluding hydrogens is 376 g/mol. The van der Waals surface area contributed by atoms with E-state index in [-0.39, 0.29) is 23.8 Å². The van der Waals surface area contributed by atoms with E-state index in [1.165, 1.54) is 10.4 Å². The molecule has 0 saturated heterocycles. The van der Waals surface area contributed by atoms with Gasteiger partial charge in [0.2, 0.25) is 15.9 Å². The molecule has 2 aromatic carbocycles. The van der Waals surface area contributed by atoms with Gasteiger partial charge in [0.15, 0.2) is 0 Å². The lowest BCUT2D eigenvalue weighted by Crippen LogP contribution is -2.31. The molecule has 0 saturated carbocycles. The molecule has 7 heteroatoms. The van der Waals surface area contributed by atoms with Gasteiger partial charge in [-0.3, -0.25) is 4.79 Å². The Balaban J connectivity index is 2.03. The van der Waals surface area contributed by atoms with Gasteiger partial charge in [-0.1, -0.05) is 32.0 Å². The molecule has 0 bridgehead atoms. The van der Waals surface area contributed by atoms with E-state index in [1.54, 1.807) is 32.9 Å². The fourth-order valence-corrected chi connectivity index (χ4v) is 4.56. The number of sulfonamides is 1. The van der Waals surface area contributed by atoms with Crippen LogP contribution in [0, 0.1) is 13.8 Å². The zero-order valence-electron chi connectivity index (χ0n) is 16.9. The Morgan fingerprint density at radius 3 is 2.43 bits per heavy atom. The highest BCUT2D eigenvalue weighted by molar-refractivity contribution is 7.89. The SMILES string of the molecule is CCN(CC)S(=O)(=O)c1cc(NC(=O)CCOc2cccc(C)c2)ccc1C. The first-order chi connectivity index (χ1) is 13.3. The van der Waals surface area contributed by atoms with E-state index < -0.39 is 10.0 Å². The minimum Gasteiger partial charge on any atom is -0.493 e. The van der Waals surface area contributed by atoms with Crippen molar-refractivity contribution in [3.8, 4) is 5.75 Å². The second-order valence-corrected chi connectivity index (χ2v) is 8.44. The lowest BCUT2D eigenvalue weighted by molar-refractivity contribution is -0.116.